The number of carbonyl (C=O) groups is 3. The highest BCUT2D eigenvalue weighted by atomic mass is 35.5. The van der Waals surface area contributed by atoms with Crippen LogP contribution < -0.4 is 34.8 Å². The first-order chi connectivity index (χ1) is 24.5. The highest BCUT2D eigenvalue weighted by Gasteiger charge is 2.45. The summed E-state index contributed by atoms with van der Waals surface area (Å²) in [5.41, 5.74) is 6.77. The lowest BCUT2D eigenvalue weighted by Gasteiger charge is -2.55. The Balaban J connectivity index is 1.44. The Labute approximate surface area is 312 Å². The standard InChI is InChI=1S/C35H44Cl2N8O7/c1-8-42-13-11-35(12-14-42)18-43(19-35)21-9-10-23(22(38)15-21)44(32(47)48)27-17-26(39-20-40-27)41(5)31(46)45(33(49)52-34(2,3)4)30-28(36)24(50-6)16-25(51-7)29(30)37/h9-10,15-17,20H,8,11-14,18-19,38H2,1-7H3,(H,47,48). The number of piperidine rings is 1. The van der Waals surface area contributed by atoms with Crippen molar-refractivity contribution >= 4 is 75.8 Å². The Bertz CT molecular complexity index is 1810. The third kappa shape index (κ3) is 7.71. The first-order valence-electron chi connectivity index (χ1n) is 16.7. The number of hydrogen-bond acceptors (Lipinski definition) is 11. The van der Waals surface area contributed by atoms with E-state index in [9.17, 15) is 19.5 Å². The normalized spacial score (nSPS) is 15.4. The van der Waals surface area contributed by atoms with E-state index in [1.807, 2.05) is 6.07 Å². The number of nitrogens with zero attached hydrogens (tertiary/aromatic N) is 7. The van der Waals surface area contributed by atoms with Gasteiger partial charge < -0.3 is 34.9 Å². The maximum absolute atomic E-state index is 14.2. The average Bonchev–Trinajstić information content (AvgIpc) is 3.08. The van der Waals surface area contributed by atoms with Crippen LogP contribution in [0.25, 0.3) is 0 Å². The fourth-order valence-corrected chi connectivity index (χ4v) is 7.07. The molecular weight excluding hydrogens is 715 g/mol. The van der Waals surface area contributed by atoms with Crippen LogP contribution in [0.4, 0.5) is 48.8 Å². The van der Waals surface area contributed by atoms with Gasteiger partial charge in [0.1, 0.15) is 50.8 Å². The Morgan fingerprint density at radius 2 is 1.58 bits per heavy atom. The SMILES string of the molecule is CCN1CCC2(CC1)CN(c1ccc(N(C(=O)O)c3cc(N(C)C(=O)N(C(=O)OC(C)(C)C)c4c(Cl)c(OC)cc(OC)c4Cl)ncn3)c(N)c1)C2. The number of benzene rings is 2. The summed E-state index contributed by atoms with van der Waals surface area (Å²) >= 11 is 13.3. The molecule has 0 aliphatic carbocycles. The third-order valence-corrected chi connectivity index (χ3v) is 9.99. The molecule has 0 radical (unpaired) electrons. The van der Waals surface area contributed by atoms with Crippen LogP contribution in [0.5, 0.6) is 11.5 Å². The molecule has 1 spiro atoms. The van der Waals surface area contributed by atoms with Gasteiger partial charge in [-0.25, -0.2) is 29.3 Å². The van der Waals surface area contributed by atoms with E-state index in [4.69, 9.17) is 43.1 Å². The van der Waals surface area contributed by atoms with Crippen LogP contribution in [0.1, 0.15) is 40.5 Å². The van der Waals surface area contributed by atoms with Gasteiger partial charge in [-0.15, -0.1) is 0 Å². The highest BCUT2D eigenvalue weighted by Crippen LogP contribution is 2.47. The quantitative estimate of drug-likeness (QED) is 0.224. The van der Waals surface area contributed by atoms with E-state index in [1.54, 1.807) is 32.9 Å². The number of nitrogens with two attached hydrogens (primary N) is 1. The number of nitrogen functional groups attached to an aromatic ring is 1. The number of amides is 4. The zero-order valence-electron chi connectivity index (χ0n) is 30.3. The molecule has 3 heterocycles. The van der Waals surface area contributed by atoms with Crippen molar-refractivity contribution in [2.45, 2.75) is 46.1 Å². The number of urea groups is 1. The molecule has 15 nitrogen and oxygen atoms in total. The molecule has 5 rings (SSSR count). The van der Waals surface area contributed by atoms with Crippen LogP contribution in [0.15, 0.2) is 36.7 Å². The molecule has 3 N–H and O–H groups in total. The van der Waals surface area contributed by atoms with Gasteiger partial charge in [-0.1, -0.05) is 30.1 Å². The second-order valence-electron chi connectivity index (χ2n) is 13.8. The number of imide groups is 1. The fourth-order valence-electron chi connectivity index (χ4n) is 6.40. The number of aromatic nitrogens is 2. The van der Waals surface area contributed by atoms with Gasteiger partial charge in [-0.2, -0.15) is 4.90 Å². The molecule has 0 saturated carbocycles. The van der Waals surface area contributed by atoms with Gasteiger partial charge in [0.15, 0.2) is 0 Å². The molecule has 4 amide bonds. The summed E-state index contributed by atoms with van der Waals surface area (Å²) in [5, 5.41) is 10.0. The van der Waals surface area contributed by atoms with Gasteiger partial charge in [0.05, 0.1) is 25.6 Å². The van der Waals surface area contributed by atoms with Gasteiger partial charge >= 0.3 is 18.2 Å². The molecule has 2 saturated heterocycles. The van der Waals surface area contributed by atoms with E-state index in [0.717, 1.165) is 67.4 Å². The lowest BCUT2D eigenvalue weighted by molar-refractivity contribution is 0.0594. The molecule has 52 heavy (non-hydrogen) atoms. The molecular formula is C35H44Cl2N8O7. The Hall–Kier alpha value is -4.73. The van der Waals surface area contributed by atoms with E-state index in [-0.39, 0.29) is 50.2 Å². The number of methoxy groups -OCH3 is 2. The fraction of sp³-hybridized carbons (Fsp3) is 0.457. The van der Waals surface area contributed by atoms with Crippen LogP contribution in [-0.2, 0) is 4.74 Å². The summed E-state index contributed by atoms with van der Waals surface area (Å²) in [5.74, 6) is -0.0482. The molecule has 2 aromatic carbocycles. The molecule has 1 aromatic heterocycles. The van der Waals surface area contributed by atoms with E-state index in [0.29, 0.717) is 10.3 Å². The minimum atomic E-state index is -1.37. The van der Waals surface area contributed by atoms with Crippen molar-refractivity contribution in [3.8, 4) is 11.5 Å². The van der Waals surface area contributed by atoms with Crippen LogP contribution in [0.2, 0.25) is 10.0 Å². The molecule has 3 aromatic rings. The van der Waals surface area contributed by atoms with E-state index < -0.39 is 23.8 Å². The summed E-state index contributed by atoms with van der Waals surface area (Å²) in [4.78, 5) is 56.2. The Kier molecular flexibility index (Phi) is 11.2. The maximum atomic E-state index is 14.2. The first-order valence-corrected chi connectivity index (χ1v) is 17.4. The van der Waals surface area contributed by atoms with Gasteiger partial charge in [0, 0.05) is 43.4 Å². The van der Waals surface area contributed by atoms with Crippen molar-refractivity contribution < 1.29 is 33.7 Å². The van der Waals surface area contributed by atoms with Crippen LogP contribution in [0, 0.1) is 5.41 Å². The average molecular weight is 760 g/mol. The number of hydrogen-bond donors (Lipinski definition) is 2. The second kappa shape index (κ2) is 15.1. The van der Waals surface area contributed by atoms with Crippen LogP contribution >= 0.6 is 23.2 Å². The summed E-state index contributed by atoms with van der Waals surface area (Å²) in [7, 11) is 4.02. The van der Waals surface area contributed by atoms with E-state index in [1.165, 1.54) is 33.4 Å². The molecule has 17 heteroatoms. The van der Waals surface area contributed by atoms with Crippen molar-refractivity contribution in [2.24, 2.45) is 5.41 Å². The topological polar surface area (TPSA) is 167 Å². The predicted molar refractivity (Wildman–Crippen MR) is 201 cm³/mol. The lowest BCUT2D eigenvalue weighted by Crippen LogP contribution is -2.60. The minimum absolute atomic E-state index is 0.0675. The Morgan fingerprint density at radius 3 is 2.10 bits per heavy atom. The lowest BCUT2D eigenvalue weighted by atomic mass is 9.71. The smallest absolute Gasteiger partial charge is 0.423 e. The van der Waals surface area contributed by atoms with Gasteiger partial charge in [0.2, 0.25) is 0 Å². The molecule has 280 valence electrons. The van der Waals surface area contributed by atoms with E-state index in [2.05, 4.69) is 26.7 Å². The summed E-state index contributed by atoms with van der Waals surface area (Å²) < 4.78 is 16.3. The molecule has 0 unspecified atom stereocenters. The van der Waals surface area contributed by atoms with Gasteiger partial charge in [0.25, 0.3) is 0 Å². The van der Waals surface area contributed by atoms with E-state index >= 15 is 0 Å². The van der Waals surface area contributed by atoms with Gasteiger partial charge in [-0.05, 0) is 71.4 Å². The van der Waals surface area contributed by atoms with Crippen molar-refractivity contribution in [1.82, 2.24) is 14.9 Å². The maximum Gasteiger partial charge on any atom is 0.423 e. The van der Waals surface area contributed by atoms with Crippen LogP contribution in [0.3, 0.4) is 0 Å². The van der Waals surface area contributed by atoms with Crippen molar-refractivity contribution in [1.29, 1.82) is 0 Å². The first kappa shape index (κ1) is 38.5. The second-order valence-corrected chi connectivity index (χ2v) is 14.6. The summed E-state index contributed by atoms with van der Waals surface area (Å²) in [6.45, 7) is 12.1. The monoisotopic (exact) mass is 758 g/mol. The highest BCUT2D eigenvalue weighted by molar-refractivity contribution is 6.43. The number of halogens is 2. The number of anilines is 6. The largest absolute Gasteiger partial charge is 0.495 e. The molecule has 2 fully saturated rings. The summed E-state index contributed by atoms with van der Waals surface area (Å²) in [6, 6.07) is 6.89. The van der Waals surface area contributed by atoms with Crippen molar-refractivity contribution in [2.75, 3.05) is 79.3 Å². The van der Waals surface area contributed by atoms with Gasteiger partial charge in [-0.3, -0.25) is 4.90 Å². The zero-order chi connectivity index (χ0) is 38.1. The van der Waals surface area contributed by atoms with Crippen molar-refractivity contribution in [3.63, 3.8) is 0 Å². The molecule has 0 bridgehead atoms. The molecule has 0 atom stereocenters. The molecule has 2 aliphatic heterocycles. The van der Waals surface area contributed by atoms with Crippen LogP contribution in [-0.4, -0.2) is 97.8 Å². The number of likely N-dealkylation sites (tertiary alicyclic amines) is 1. The number of carboxylic acid groups (broad SMARTS) is 1. The van der Waals surface area contributed by atoms with Crippen molar-refractivity contribution in [3.05, 3.63) is 46.7 Å². The Morgan fingerprint density at radius 1 is 0.981 bits per heavy atom. The zero-order valence-corrected chi connectivity index (χ0v) is 31.8. The summed E-state index contributed by atoms with van der Waals surface area (Å²) in [6.07, 6.45) is 0.894. The predicted octanol–water partition coefficient (Wildman–Crippen LogP) is 7.12. The number of ether oxygens (including phenoxy) is 3. The number of rotatable bonds is 8. The third-order valence-electron chi connectivity index (χ3n) is 9.26. The molecule has 2 aliphatic rings. The minimum Gasteiger partial charge on any atom is -0.495 e. The number of carbonyl (C=O) groups excluding carboxylic acids is 2.